The number of hydrogen-bond donors (Lipinski definition) is 1. The lowest BCUT2D eigenvalue weighted by Gasteiger charge is -2.37. The lowest BCUT2D eigenvalue weighted by atomic mass is 9.79. The highest BCUT2D eigenvalue weighted by atomic mass is 32.2. The zero-order chi connectivity index (χ0) is 18.3. The molecule has 1 aromatic carbocycles. The van der Waals surface area contributed by atoms with Crippen molar-refractivity contribution in [2.75, 3.05) is 19.6 Å². The minimum Gasteiger partial charge on any atom is -0.406 e. The number of ether oxygens (including phenoxy) is 1. The van der Waals surface area contributed by atoms with Gasteiger partial charge in [0.2, 0.25) is 15.9 Å². The number of nitrogens with one attached hydrogen (secondary N) is 1. The zero-order valence-corrected chi connectivity index (χ0v) is 14.0. The standard InChI is InChI=1S/C15H17F3N2O4S/c16-15(17,18)24-11-3-1-4-12(9-11)25(22,23)20-8-2-5-14(10-20)6-7-19-13(14)21/h1,3-4,9H,2,5-8,10H2,(H,19,21). The number of rotatable bonds is 3. The Bertz CT molecular complexity index is 781. The van der Waals surface area contributed by atoms with E-state index in [2.05, 4.69) is 10.1 Å². The van der Waals surface area contributed by atoms with Gasteiger partial charge in [-0.05, 0) is 31.4 Å². The number of sulfonamides is 1. The Morgan fingerprint density at radius 3 is 2.64 bits per heavy atom. The second-order valence-electron chi connectivity index (χ2n) is 6.25. The highest BCUT2D eigenvalue weighted by Gasteiger charge is 2.47. The number of nitrogens with zero attached hydrogens (tertiary/aromatic N) is 1. The number of piperidine rings is 1. The summed E-state index contributed by atoms with van der Waals surface area (Å²) >= 11 is 0. The van der Waals surface area contributed by atoms with Crippen LogP contribution >= 0.6 is 0 Å². The van der Waals surface area contributed by atoms with Gasteiger partial charge in [-0.1, -0.05) is 6.07 Å². The predicted octanol–water partition coefficient (Wildman–Crippen LogP) is 1.88. The smallest absolute Gasteiger partial charge is 0.406 e. The van der Waals surface area contributed by atoms with Crippen LogP contribution in [0, 0.1) is 5.41 Å². The van der Waals surface area contributed by atoms with Gasteiger partial charge in [-0.3, -0.25) is 4.79 Å². The summed E-state index contributed by atoms with van der Waals surface area (Å²) in [5.41, 5.74) is -0.745. The van der Waals surface area contributed by atoms with Gasteiger partial charge < -0.3 is 10.1 Å². The van der Waals surface area contributed by atoms with Crippen molar-refractivity contribution < 1.29 is 31.1 Å². The molecule has 3 rings (SSSR count). The SMILES string of the molecule is O=C1NCCC12CCCN(S(=O)(=O)c1cccc(OC(F)(F)F)c1)C2. The van der Waals surface area contributed by atoms with Crippen LogP contribution in [0.15, 0.2) is 29.2 Å². The first-order valence-corrected chi connectivity index (χ1v) is 9.21. The van der Waals surface area contributed by atoms with E-state index in [1.165, 1.54) is 16.4 Å². The Balaban J connectivity index is 1.86. The zero-order valence-electron chi connectivity index (χ0n) is 13.2. The Hall–Kier alpha value is -1.81. The summed E-state index contributed by atoms with van der Waals surface area (Å²) in [6.07, 6.45) is -3.23. The van der Waals surface area contributed by atoms with Gasteiger partial charge in [0.1, 0.15) is 5.75 Å². The normalized spacial score (nSPS) is 25.2. The van der Waals surface area contributed by atoms with Gasteiger partial charge in [-0.15, -0.1) is 13.2 Å². The fraction of sp³-hybridized carbons (Fsp3) is 0.533. The van der Waals surface area contributed by atoms with Crippen molar-refractivity contribution in [2.45, 2.75) is 30.5 Å². The van der Waals surface area contributed by atoms with Gasteiger partial charge in [-0.25, -0.2) is 8.42 Å². The average Bonchev–Trinajstić information content (AvgIpc) is 2.86. The predicted molar refractivity (Wildman–Crippen MR) is 81.2 cm³/mol. The lowest BCUT2D eigenvalue weighted by Crippen LogP contribution is -2.49. The molecule has 0 aromatic heterocycles. The molecule has 2 aliphatic heterocycles. The first-order valence-electron chi connectivity index (χ1n) is 7.77. The molecule has 0 bridgehead atoms. The van der Waals surface area contributed by atoms with Crippen molar-refractivity contribution in [3.63, 3.8) is 0 Å². The van der Waals surface area contributed by atoms with E-state index in [1.54, 1.807) is 0 Å². The molecule has 6 nitrogen and oxygen atoms in total. The molecule has 1 spiro atoms. The number of carbonyl (C=O) groups is 1. The topological polar surface area (TPSA) is 75.7 Å². The van der Waals surface area contributed by atoms with Crippen molar-refractivity contribution in [3.8, 4) is 5.75 Å². The monoisotopic (exact) mass is 378 g/mol. The summed E-state index contributed by atoms with van der Waals surface area (Å²) in [7, 11) is -4.02. The lowest BCUT2D eigenvalue weighted by molar-refractivity contribution is -0.274. The van der Waals surface area contributed by atoms with E-state index >= 15 is 0 Å². The Labute approximate surface area is 143 Å². The molecule has 10 heteroatoms. The van der Waals surface area contributed by atoms with Crippen molar-refractivity contribution in [3.05, 3.63) is 24.3 Å². The number of halogens is 3. The van der Waals surface area contributed by atoms with Crippen LogP contribution in [0.1, 0.15) is 19.3 Å². The molecule has 138 valence electrons. The summed E-state index contributed by atoms with van der Waals surface area (Å²) in [6, 6.07) is 4.29. The molecule has 1 N–H and O–H groups in total. The van der Waals surface area contributed by atoms with Gasteiger partial charge in [0.25, 0.3) is 0 Å². The molecule has 2 aliphatic rings. The van der Waals surface area contributed by atoms with Crippen LogP contribution < -0.4 is 10.1 Å². The van der Waals surface area contributed by atoms with Gasteiger partial charge in [-0.2, -0.15) is 4.31 Å². The summed E-state index contributed by atoms with van der Waals surface area (Å²) in [5.74, 6) is -0.763. The van der Waals surface area contributed by atoms with Crippen LogP contribution in [0.25, 0.3) is 0 Å². The molecule has 2 heterocycles. The minimum atomic E-state index is -4.90. The maximum atomic E-state index is 12.8. The molecule has 25 heavy (non-hydrogen) atoms. The summed E-state index contributed by atoms with van der Waals surface area (Å²) in [4.78, 5) is 11.8. The van der Waals surface area contributed by atoms with Crippen LogP contribution in [0.5, 0.6) is 5.75 Å². The van der Waals surface area contributed by atoms with Gasteiger partial charge in [0.05, 0.1) is 10.3 Å². The highest BCUT2D eigenvalue weighted by molar-refractivity contribution is 7.89. The molecule has 2 saturated heterocycles. The Morgan fingerprint density at radius 2 is 2.00 bits per heavy atom. The Morgan fingerprint density at radius 1 is 1.24 bits per heavy atom. The number of carbonyl (C=O) groups excluding carboxylic acids is 1. The van der Waals surface area contributed by atoms with Crippen molar-refractivity contribution in [2.24, 2.45) is 5.41 Å². The molecule has 1 atom stereocenters. The fourth-order valence-electron chi connectivity index (χ4n) is 3.38. The minimum absolute atomic E-state index is 0.0333. The number of benzene rings is 1. The second-order valence-corrected chi connectivity index (χ2v) is 8.19. The van der Waals surface area contributed by atoms with E-state index in [0.29, 0.717) is 25.8 Å². The highest BCUT2D eigenvalue weighted by Crippen LogP contribution is 2.38. The van der Waals surface area contributed by atoms with E-state index in [0.717, 1.165) is 12.1 Å². The van der Waals surface area contributed by atoms with Crippen LogP contribution in [0.4, 0.5) is 13.2 Å². The first kappa shape index (κ1) is 18.0. The third-order valence-electron chi connectivity index (χ3n) is 4.59. The molecule has 0 saturated carbocycles. The molecular formula is C15H17F3N2O4S. The third-order valence-corrected chi connectivity index (χ3v) is 6.43. The van der Waals surface area contributed by atoms with Crippen LogP contribution in [-0.4, -0.2) is 44.6 Å². The van der Waals surface area contributed by atoms with Crippen molar-refractivity contribution in [1.29, 1.82) is 0 Å². The van der Waals surface area contributed by atoms with Crippen molar-refractivity contribution >= 4 is 15.9 Å². The van der Waals surface area contributed by atoms with E-state index in [4.69, 9.17) is 0 Å². The second kappa shape index (κ2) is 6.17. The third kappa shape index (κ3) is 3.59. The fourth-order valence-corrected chi connectivity index (χ4v) is 4.98. The van der Waals surface area contributed by atoms with Gasteiger partial charge in [0, 0.05) is 25.7 Å². The maximum Gasteiger partial charge on any atom is 0.573 e. The van der Waals surface area contributed by atoms with Crippen LogP contribution in [0.3, 0.4) is 0 Å². The van der Waals surface area contributed by atoms with Gasteiger partial charge in [0.15, 0.2) is 0 Å². The maximum absolute atomic E-state index is 12.8. The summed E-state index contributed by atoms with van der Waals surface area (Å²) in [5, 5.41) is 2.72. The van der Waals surface area contributed by atoms with E-state index in [1.807, 2.05) is 0 Å². The molecular weight excluding hydrogens is 361 g/mol. The average molecular weight is 378 g/mol. The summed E-state index contributed by atoms with van der Waals surface area (Å²) < 4.78 is 67.6. The number of amides is 1. The molecule has 1 unspecified atom stereocenters. The van der Waals surface area contributed by atoms with Gasteiger partial charge >= 0.3 is 6.36 Å². The van der Waals surface area contributed by atoms with E-state index < -0.39 is 27.6 Å². The van der Waals surface area contributed by atoms with E-state index in [9.17, 15) is 26.4 Å². The molecule has 1 amide bonds. The molecule has 1 aromatic rings. The van der Waals surface area contributed by atoms with Crippen LogP contribution in [0.2, 0.25) is 0 Å². The first-order chi connectivity index (χ1) is 11.6. The largest absolute Gasteiger partial charge is 0.573 e. The summed E-state index contributed by atoms with van der Waals surface area (Å²) in [6.45, 7) is 0.759. The number of alkyl halides is 3. The molecule has 0 radical (unpaired) electrons. The molecule has 0 aliphatic carbocycles. The Kier molecular flexibility index (Phi) is 4.44. The number of hydrogen-bond acceptors (Lipinski definition) is 4. The molecule has 2 fully saturated rings. The van der Waals surface area contributed by atoms with Crippen molar-refractivity contribution in [1.82, 2.24) is 9.62 Å². The quantitative estimate of drug-likeness (QED) is 0.871. The van der Waals surface area contributed by atoms with Crippen LogP contribution in [-0.2, 0) is 14.8 Å². The van der Waals surface area contributed by atoms with E-state index in [-0.39, 0.29) is 23.9 Å².